The predicted molar refractivity (Wildman–Crippen MR) is 66.5 cm³/mol. The summed E-state index contributed by atoms with van der Waals surface area (Å²) in [7, 11) is 0. The maximum Gasteiger partial charge on any atom is 0.154 e. The van der Waals surface area contributed by atoms with Crippen LogP contribution in [0.4, 0.5) is 5.69 Å². The average Bonchev–Trinajstić information content (AvgIpc) is 2.69. The molecule has 78 valence electrons. The fraction of sp³-hybridized carbons (Fsp3) is 0.182. The summed E-state index contributed by atoms with van der Waals surface area (Å²) in [5.74, 6) is 0. The maximum atomic E-state index is 5.62. The molecule has 0 aliphatic carbocycles. The van der Waals surface area contributed by atoms with Gasteiger partial charge in [0, 0.05) is 16.0 Å². The van der Waals surface area contributed by atoms with E-state index < -0.39 is 0 Å². The van der Waals surface area contributed by atoms with E-state index in [-0.39, 0.29) is 0 Å². The topological polar surface area (TPSA) is 38.9 Å². The van der Waals surface area contributed by atoms with E-state index in [4.69, 9.17) is 5.73 Å². The second kappa shape index (κ2) is 4.68. The van der Waals surface area contributed by atoms with Crippen LogP contribution < -0.4 is 5.73 Å². The number of nitrogen functional groups attached to an aromatic ring is 1. The van der Waals surface area contributed by atoms with E-state index in [1.54, 1.807) is 23.1 Å². The number of nitrogens with zero attached hydrogens (tertiary/aromatic N) is 1. The molecule has 0 unspecified atom stereocenters. The molecule has 1 aromatic carbocycles. The predicted octanol–water partition coefficient (Wildman–Crippen LogP) is 3.44. The largest absolute Gasteiger partial charge is 0.399 e. The summed E-state index contributed by atoms with van der Waals surface area (Å²) in [6, 6.07) is 7.87. The van der Waals surface area contributed by atoms with Crippen LogP contribution in [-0.2, 0) is 6.42 Å². The highest BCUT2D eigenvalue weighted by molar-refractivity contribution is 8.01. The van der Waals surface area contributed by atoms with Gasteiger partial charge in [0.25, 0.3) is 0 Å². The SMILES string of the molecule is CCc1csc(Sc2ccc(N)cc2)n1. The number of hydrogen-bond acceptors (Lipinski definition) is 4. The Kier molecular flexibility index (Phi) is 3.28. The highest BCUT2D eigenvalue weighted by Gasteiger charge is 2.02. The molecule has 0 aliphatic rings. The molecule has 0 radical (unpaired) electrons. The van der Waals surface area contributed by atoms with Crippen molar-refractivity contribution in [3.63, 3.8) is 0 Å². The Bertz CT molecular complexity index is 434. The van der Waals surface area contributed by atoms with Crippen molar-refractivity contribution in [2.24, 2.45) is 0 Å². The van der Waals surface area contributed by atoms with Gasteiger partial charge in [0.2, 0.25) is 0 Å². The van der Waals surface area contributed by atoms with Crippen molar-refractivity contribution in [2.75, 3.05) is 5.73 Å². The summed E-state index contributed by atoms with van der Waals surface area (Å²) in [6.45, 7) is 2.12. The highest BCUT2D eigenvalue weighted by Crippen LogP contribution is 2.30. The van der Waals surface area contributed by atoms with Crippen molar-refractivity contribution < 1.29 is 0 Å². The number of benzene rings is 1. The number of aryl methyl sites for hydroxylation is 1. The van der Waals surface area contributed by atoms with Crippen LogP contribution in [0.1, 0.15) is 12.6 Å². The van der Waals surface area contributed by atoms with E-state index in [9.17, 15) is 0 Å². The second-order valence-electron chi connectivity index (χ2n) is 3.13. The zero-order valence-corrected chi connectivity index (χ0v) is 10.1. The minimum atomic E-state index is 0.799. The molecule has 0 amide bonds. The highest BCUT2D eigenvalue weighted by atomic mass is 32.2. The first-order valence-electron chi connectivity index (χ1n) is 4.75. The first-order valence-corrected chi connectivity index (χ1v) is 6.45. The third kappa shape index (κ3) is 2.73. The number of nitrogens with two attached hydrogens (primary N) is 1. The van der Waals surface area contributed by atoms with E-state index in [0.717, 1.165) is 22.1 Å². The molecule has 2 aromatic rings. The number of anilines is 1. The Morgan fingerprint density at radius 3 is 2.67 bits per heavy atom. The standard InChI is InChI=1S/C11H12N2S2/c1-2-9-7-14-11(13-9)15-10-5-3-8(12)4-6-10/h3-7H,2,12H2,1H3. The molecule has 0 saturated heterocycles. The van der Waals surface area contributed by atoms with Crippen LogP contribution in [0, 0.1) is 0 Å². The van der Waals surface area contributed by atoms with Crippen molar-refractivity contribution >= 4 is 28.8 Å². The van der Waals surface area contributed by atoms with Crippen LogP contribution in [0.5, 0.6) is 0 Å². The van der Waals surface area contributed by atoms with Gasteiger partial charge in [0.1, 0.15) is 0 Å². The Balaban J connectivity index is 2.11. The number of rotatable bonds is 3. The van der Waals surface area contributed by atoms with Gasteiger partial charge >= 0.3 is 0 Å². The molecule has 0 aliphatic heterocycles. The summed E-state index contributed by atoms with van der Waals surface area (Å²) < 4.78 is 1.09. The van der Waals surface area contributed by atoms with Gasteiger partial charge < -0.3 is 5.73 Å². The van der Waals surface area contributed by atoms with E-state index >= 15 is 0 Å². The summed E-state index contributed by atoms with van der Waals surface area (Å²) in [5.41, 5.74) is 7.59. The van der Waals surface area contributed by atoms with Crippen LogP contribution in [0.15, 0.2) is 38.9 Å². The van der Waals surface area contributed by atoms with E-state index in [1.165, 1.54) is 4.90 Å². The van der Waals surface area contributed by atoms with Crippen molar-refractivity contribution in [2.45, 2.75) is 22.6 Å². The third-order valence-electron chi connectivity index (χ3n) is 1.98. The lowest BCUT2D eigenvalue weighted by molar-refractivity contribution is 1.02. The first-order chi connectivity index (χ1) is 7.28. The minimum Gasteiger partial charge on any atom is -0.399 e. The van der Waals surface area contributed by atoms with Crippen LogP contribution in [0.25, 0.3) is 0 Å². The Labute approximate surface area is 97.5 Å². The molecular weight excluding hydrogens is 224 g/mol. The van der Waals surface area contributed by atoms with Gasteiger partial charge in [-0.25, -0.2) is 4.98 Å². The molecule has 15 heavy (non-hydrogen) atoms. The molecule has 0 saturated carbocycles. The molecule has 0 fully saturated rings. The lowest BCUT2D eigenvalue weighted by atomic mass is 10.3. The Morgan fingerprint density at radius 1 is 1.33 bits per heavy atom. The second-order valence-corrected chi connectivity index (χ2v) is 5.31. The molecule has 2 nitrogen and oxygen atoms in total. The molecule has 0 spiro atoms. The van der Waals surface area contributed by atoms with Gasteiger partial charge in [0.15, 0.2) is 4.34 Å². The number of thiazole rings is 1. The van der Waals surface area contributed by atoms with Crippen molar-refractivity contribution in [3.05, 3.63) is 35.3 Å². The van der Waals surface area contributed by atoms with Gasteiger partial charge in [-0.3, -0.25) is 0 Å². The zero-order valence-electron chi connectivity index (χ0n) is 8.43. The monoisotopic (exact) mass is 236 g/mol. The average molecular weight is 236 g/mol. The quantitative estimate of drug-likeness (QED) is 0.830. The lowest BCUT2D eigenvalue weighted by Gasteiger charge is -1.97. The number of aromatic nitrogens is 1. The smallest absolute Gasteiger partial charge is 0.154 e. The van der Waals surface area contributed by atoms with Crippen LogP contribution in [0.2, 0.25) is 0 Å². The fourth-order valence-corrected chi connectivity index (χ4v) is 3.02. The molecule has 2 N–H and O–H groups in total. The summed E-state index contributed by atoms with van der Waals surface area (Å²) in [6.07, 6.45) is 0.999. The molecule has 1 heterocycles. The van der Waals surface area contributed by atoms with Crippen molar-refractivity contribution in [3.8, 4) is 0 Å². The Hall–Kier alpha value is -1.00. The van der Waals surface area contributed by atoms with E-state index in [2.05, 4.69) is 17.3 Å². The minimum absolute atomic E-state index is 0.799. The lowest BCUT2D eigenvalue weighted by Crippen LogP contribution is -1.82. The molecule has 0 bridgehead atoms. The van der Waals surface area contributed by atoms with Gasteiger partial charge in [-0.05, 0) is 30.7 Å². The molecular formula is C11H12N2S2. The van der Waals surface area contributed by atoms with Crippen LogP contribution in [-0.4, -0.2) is 4.98 Å². The van der Waals surface area contributed by atoms with E-state index in [0.29, 0.717) is 0 Å². The van der Waals surface area contributed by atoms with Gasteiger partial charge in [0.05, 0.1) is 5.69 Å². The van der Waals surface area contributed by atoms with Crippen LogP contribution >= 0.6 is 23.1 Å². The van der Waals surface area contributed by atoms with Crippen molar-refractivity contribution in [1.29, 1.82) is 0 Å². The van der Waals surface area contributed by atoms with Gasteiger partial charge in [-0.2, -0.15) is 0 Å². The molecule has 0 atom stereocenters. The fourth-order valence-electron chi connectivity index (χ4n) is 1.13. The molecule has 1 aromatic heterocycles. The maximum absolute atomic E-state index is 5.62. The van der Waals surface area contributed by atoms with Crippen LogP contribution in [0.3, 0.4) is 0 Å². The van der Waals surface area contributed by atoms with Crippen molar-refractivity contribution in [1.82, 2.24) is 4.98 Å². The molecule has 4 heteroatoms. The van der Waals surface area contributed by atoms with E-state index in [1.807, 2.05) is 24.3 Å². The first kappa shape index (κ1) is 10.5. The van der Waals surface area contributed by atoms with Gasteiger partial charge in [-0.15, -0.1) is 11.3 Å². The van der Waals surface area contributed by atoms with Gasteiger partial charge in [-0.1, -0.05) is 18.7 Å². The summed E-state index contributed by atoms with van der Waals surface area (Å²) in [5, 5.41) is 2.11. The molecule has 2 rings (SSSR count). The third-order valence-corrected chi connectivity index (χ3v) is 3.97. The normalized spacial score (nSPS) is 10.5. The summed E-state index contributed by atoms with van der Waals surface area (Å²) >= 11 is 3.38. The summed E-state index contributed by atoms with van der Waals surface area (Å²) in [4.78, 5) is 5.68. The zero-order chi connectivity index (χ0) is 10.7. The number of hydrogen-bond donors (Lipinski definition) is 1. The Morgan fingerprint density at radius 2 is 2.07 bits per heavy atom.